The molecule has 1 aromatic rings. The monoisotopic (exact) mass is 255 g/mol. The van der Waals surface area contributed by atoms with Crippen molar-refractivity contribution < 1.29 is 9.53 Å². The molecule has 0 aliphatic heterocycles. The molecule has 0 aliphatic rings. The van der Waals surface area contributed by atoms with Gasteiger partial charge in [-0.15, -0.1) is 0 Å². The number of nitrogens with zero attached hydrogens (tertiary/aromatic N) is 2. The van der Waals surface area contributed by atoms with Crippen molar-refractivity contribution in [2.45, 2.75) is 38.3 Å². The first-order valence-electron chi connectivity index (χ1n) is 5.22. The molecule has 1 aromatic heterocycles. The zero-order valence-corrected chi connectivity index (χ0v) is 11.3. The van der Waals surface area contributed by atoms with Crippen molar-refractivity contribution in [3.63, 3.8) is 0 Å². The molecule has 0 fully saturated rings. The van der Waals surface area contributed by atoms with Gasteiger partial charge in [-0.1, -0.05) is 11.8 Å². The summed E-state index contributed by atoms with van der Waals surface area (Å²) in [6.45, 7) is 7.38. The molecule has 0 unspecified atom stereocenters. The van der Waals surface area contributed by atoms with Gasteiger partial charge in [-0.2, -0.15) is 0 Å². The largest absolute Gasteiger partial charge is 0.459 e. The molecular formula is C11H17N3O2S. The van der Waals surface area contributed by atoms with Gasteiger partial charge in [-0.25, -0.2) is 9.97 Å². The summed E-state index contributed by atoms with van der Waals surface area (Å²) in [6.07, 6.45) is 1.64. The molecule has 94 valence electrons. The Morgan fingerprint density at radius 1 is 1.53 bits per heavy atom. The summed E-state index contributed by atoms with van der Waals surface area (Å²) in [5.74, 6) is 0.163. The number of anilines is 1. The fourth-order valence-corrected chi connectivity index (χ4v) is 1.84. The molecule has 0 aromatic carbocycles. The van der Waals surface area contributed by atoms with Gasteiger partial charge in [0.2, 0.25) is 5.95 Å². The average molecular weight is 255 g/mol. The molecule has 0 saturated heterocycles. The fourth-order valence-electron chi connectivity index (χ4n) is 1.08. The van der Waals surface area contributed by atoms with Crippen molar-refractivity contribution in [2.24, 2.45) is 0 Å². The Bertz CT molecular complexity index is 416. The van der Waals surface area contributed by atoms with Gasteiger partial charge in [0, 0.05) is 6.20 Å². The summed E-state index contributed by atoms with van der Waals surface area (Å²) in [4.78, 5) is 19.4. The van der Waals surface area contributed by atoms with E-state index in [1.54, 1.807) is 6.20 Å². The first-order chi connectivity index (χ1) is 7.78. The van der Waals surface area contributed by atoms with Crippen LogP contribution in [0.3, 0.4) is 0 Å². The zero-order chi connectivity index (χ0) is 13.1. The smallest absolute Gasteiger partial charge is 0.316 e. The molecular weight excluding hydrogens is 238 g/mol. The second kappa shape index (κ2) is 5.35. The van der Waals surface area contributed by atoms with E-state index < -0.39 is 5.60 Å². The topological polar surface area (TPSA) is 78.1 Å². The highest BCUT2D eigenvalue weighted by Crippen LogP contribution is 2.20. The highest BCUT2D eigenvalue weighted by Gasteiger charge is 2.16. The van der Waals surface area contributed by atoms with Crippen LogP contribution < -0.4 is 5.73 Å². The minimum atomic E-state index is -0.461. The molecule has 2 N–H and O–H groups in total. The lowest BCUT2D eigenvalue weighted by atomic mass is 10.2. The number of aryl methyl sites for hydroxylation is 1. The van der Waals surface area contributed by atoms with Crippen LogP contribution in [0.4, 0.5) is 5.95 Å². The number of thioether (sulfide) groups is 1. The zero-order valence-electron chi connectivity index (χ0n) is 10.5. The third-order valence-electron chi connectivity index (χ3n) is 1.69. The van der Waals surface area contributed by atoms with Crippen LogP contribution in [0.2, 0.25) is 0 Å². The maximum absolute atomic E-state index is 11.5. The van der Waals surface area contributed by atoms with E-state index in [9.17, 15) is 4.79 Å². The standard InChI is InChI=1S/C11H17N3O2S/c1-7-5-13-10(12)14-9(7)17-6-8(15)16-11(2,3)4/h5H,6H2,1-4H3,(H2,12,13,14). The Morgan fingerprint density at radius 2 is 2.18 bits per heavy atom. The van der Waals surface area contributed by atoms with E-state index in [2.05, 4.69) is 9.97 Å². The predicted molar refractivity (Wildman–Crippen MR) is 67.8 cm³/mol. The fraction of sp³-hybridized carbons (Fsp3) is 0.545. The molecule has 0 atom stereocenters. The number of hydrogen-bond acceptors (Lipinski definition) is 6. The van der Waals surface area contributed by atoms with Crippen molar-refractivity contribution in [2.75, 3.05) is 11.5 Å². The lowest BCUT2D eigenvalue weighted by Gasteiger charge is -2.19. The Kier molecular flexibility index (Phi) is 4.34. The molecule has 0 spiro atoms. The third kappa shape index (κ3) is 5.04. The SMILES string of the molecule is Cc1cnc(N)nc1SCC(=O)OC(C)(C)C. The molecule has 6 heteroatoms. The number of aromatic nitrogens is 2. The minimum absolute atomic E-state index is 0.210. The third-order valence-corrected chi connectivity index (χ3v) is 2.76. The van der Waals surface area contributed by atoms with Crippen LogP contribution in [0.15, 0.2) is 11.2 Å². The van der Waals surface area contributed by atoms with Crippen molar-refractivity contribution in [3.8, 4) is 0 Å². The van der Waals surface area contributed by atoms with E-state index in [0.717, 1.165) is 5.56 Å². The molecule has 5 nitrogen and oxygen atoms in total. The van der Waals surface area contributed by atoms with Crippen LogP contribution in [0, 0.1) is 6.92 Å². The van der Waals surface area contributed by atoms with E-state index in [1.807, 2.05) is 27.7 Å². The number of nitrogens with two attached hydrogens (primary N) is 1. The number of carbonyl (C=O) groups excluding carboxylic acids is 1. The molecule has 0 aliphatic carbocycles. The molecule has 1 rings (SSSR count). The van der Waals surface area contributed by atoms with Crippen LogP contribution in [-0.2, 0) is 9.53 Å². The summed E-state index contributed by atoms with van der Waals surface area (Å²) in [5, 5.41) is 0.711. The molecule has 17 heavy (non-hydrogen) atoms. The average Bonchev–Trinajstić information content (AvgIpc) is 2.17. The van der Waals surface area contributed by atoms with Gasteiger partial charge in [0.1, 0.15) is 10.6 Å². The number of carbonyl (C=O) groups is 1. The summed E-state index contributed by atoms with van der Waals surface area (Å²) < 4.78 is 5.20. The van der Waals surface area contributed by atoms with Gasteiger partial charge >= 0.3 is 5.97 Å². The van der Waals surface area contributed by atoms with Crippen LogP contribution in [-0.4, -0.2) is 27.3 Å². The number of esters is 1. The number of nitrogen functional groups attached to an aromatic ring is 1. The van der Waals surface area contributed by atoms with E-state index in [1.165, 1.54) is 11.8 Å². The second-order valence-electron chi connectivity index (χ2n) is 4.59. The van der Waals surface area contributed by atoms with Gasteiger partial charge < -0.3 is 10.5 Å². The normalized spacial score (nSPS) is 11.3. The van der Waals surface area contributed by atoms with E-state index in [-0.39, 0.29) is 17.7 Å². The predicted octanol–water partition coefficient (Wildman–Crippen LogP) is 1.80. The first kappa shape index (κ1) is 13.8. The highest BCUT2D eigenvalue weighted by molar-refractivity contribution is 7.99. The number of ether oxygens (including phenoxy) is 1. The molecule has 0 amide bonds. The van der Waals surface area contributed by atoms with Crippen molar-refractivity contribution in [3.05, 3.63) is 11.8 Å². The Morgan fingerprint density at radius 3 is 2.76 bits per heavy atom. The van der Waals surface area contributed by atoms with Crippen LogP contribution in [0.25, 0.3) is 0 Å². The lowest BCUT2D eigenvalue weighted by Crippen LogP contribution is -2.25. The van der Waals surface area contributed by atoms with Crippen molar-refractivity contribution in [1.82, 2.24) is 9.97 Å². The quantitative estimate of drug-likeness (QED) is 0.504. The van der Waals surface area contributed by atoms with Crippen LogP contribution in [0.5, 0.6) is 0 Å². The minimum Gasteiger partial charge on any atom is -0.459 e. The number of rotatable bonds is 3. The maximum Gasteiger partial charge on any atom is 0.316 e. The summed E-state index contributed by atoms with van der Waals surface area (Å²) in [5.41, 5.74) is 5.92. The highest BCUT2D eigenvalue weighted by atomic mass is 32.2. The lowest BCUT2D eigenvalue weighted by molar-refractivity contribution is -0.151. The van der Waals surface area contributed by atoms with E-state index >= 15 is 0 Å². The molecule has 1 heterocycles. The molecule has 0 saturated carbocycles. The van der Waals surface area contributed by atoms with Gasteiger partial charge in [-0.3, -0.25) is 4.79 Å². The maximum atomic E-state index is 11.5. The Labute approximate surface area is 105 Å². The van der Waals surface area contributed by atoms with Crippen molar-refractivity contribution >= 4 is 23.7 Å². The van der Waals surface area contributed by atoms with Crippen molar-refractivity contribution in [1.29, 1.82) is 0 Å². The van der Waals surface area contributed by atoms with Gasteiger partial charge in [0.15, 0.2) is 0 Å². The van der Waals surface area contributed by atoms with E-state index in [4.69, 9.17) is 10.5 Å². The second-order valence-corrected chi connectivity index (χ2v) is 5.56. The molecule has 0 bridgehead atoms. The first-order valence-corrected chi connectivity index (χ1v) is 6.20. The Balaban J connectivity index is 2.56. The molecule has 0 radical (unpaired) electrons. The van der Waals surface area contributed by atoms with Gasteiger partial charge in [0.05, 0.1) is 5.75 Å². The van der Waals surface area contributed by atoms with Gasteiger partial charge in [0.25, 0.3) is 0 Å². The summed E-state index contributed by atoms with van der Waals surface area (Å²) in [7, 11) is 0. The number of hydrogen-bond donors (Lipinski definition) is 1. The van der Waals surface area contributed by atoms with Crippen LogP contribution in [0.1, 0.15) is 26.3 Å². The summed E-state index contributed by atoms with van der Waals surface area (Å²) in [6, 6.07) is 0. The van der Waals surface area contributed by atoms with Crippen LogP contribution >= 0.6 is 11.8 Å². The van der Waals surface area contributed by atoms with Gasteiger partial charge in [-0.05, 0) is 33.3 Å². The Hall–Kier alpha value is -1.30. The summed E-state index contributed by atoms with van der Waals surface area (Å²) >= 11 is 1.30. The van der Waals surface area contributed by atoms with E-state index in [0.29, 0.717) is 5.03 Å².